The fourth-order valence-electron chi connectivity index (χ4n) is 4.24. The fourth-order valence-corrected chi connectivity index (χ4v) is 4.24. The number of aryl methyl sites for hydroxylation is 3. The van der Waals surface area contributed by atoms with Crippen LogP contribution in [-0.4, -0.2) is 36.4 Å². The van der Waals surface area contributed by atoms with Crippen LogP contribution in [0.3, 0.4) is 0 Å². The normalized spacial score (nSPS) is 15.7. The lowest BCUT2D eigenvalue weighted by molar-refractivity contribution is 0.395. The van der Waals surface area contributed by atoms with Crippen molar-refractivity contribution >= 4 is 12.2 Å². The van der Waals surface area contributed by atoms with E-state index in [1.165, 1.54) is 6.07 Å². The van der Waals surface area contributed by atoms with Gasteiger partial charge in [0.15, 0.2) is 5.82 Å². The number of ether oxygens (including phenoxy) is 1. The molecule has 8 heteroatoms. The summed E-state index contributed by atoms with van der Waals surface area (Å²) in [5.74, 6) is 1.99. The first-order valence-electron chi connectivity index (χ1n) is 11.0. The van der Waals surface area contributed by atoms with Crippen LogP contribution in [0.4, 0.5) is 4.39 Å². The Morgan fingerprint density at radius 3 is 2.76 bits per heavy atom. The van der Waals surface area contributed by atoms with Crippen molar-refractivity contribution in [2.24, 2.45) is 0 Å². The van der Waals surface area contributed by atoms with Crippen molar-refractivity contribution in [1.29, 1.82) is 0 Å². The van der Waals surface area contributed by atoms with Crippen LogP contribution < -0.4 is 4.74 Å². The Bertz CT molecular complexity index is 1340. The molecule has 1 atom stereocenters. The number of imidazole rings is 1. The van der Waals surface area contributed by atoms with E-state index < -0.39 is 0 Å². The van der Waals surface area contributed by atoms with E-state index in [2.05, 4.69) is 15.1 Å². The molecule has 0 radical (unpaired) electrons. The third-order valence-electron chi connectivity index (χ3n) is 5.92. The van der Waals surface area contributed by atoms with E-state index in [9.17, 15) is 4.39 Å². The molecule has 33 heavy (non-hydrogen) atoms. The minimum atomic E-state index is -0.184. The number of hydrogen-bond donors (Lipinski definition) is 0. The standard InChI is InChI=1S/C25H25FN6O/c1-16-13-18(6-9-21(16)26)20-5-4-12-32-24(20)29-23(30-32)11-8-19-7-10-22(25(28-19)33-3)31-14-17(2)27-15-31/h6-11,13-15,20H,4-5,12H2,1-3H3/t20-/m1/s1. The maximum absolute atomic E-state index is 13.7. The number of benzene rings is 1. The maximum atomic E-state index is 13.7. The van der Waals surface area contributed by atoms with Crippen LogP contribution in [0.2, 0.25) is 0 Å². The first-order valence-corrected chi connectivity index (χ1v) is 11.0. The zero-order valence-corrected chi connectivity index (χ0v) is 18.9. The number of pyridine rings is 1. The minimum Gasteiger partial charge on any atom is -0.479 e. The minimum absolute atomic E-state index is 0.115. The van der Waals surface area contributed by atoms with Crippen LogP contribution in [0.25, 0.3) is 17.8 Å². The second-order valence-electron chi connectivity index (χ2n) is 8.27. The Morgan fingerprint density at radius 2 is 2.00 bits per heavy atom. The van der Waals surface area contributed by atoms with Gasteiger partial charge in [-0.25, -0.2) is 24.0 Å². The van der Waals surface area contributed by atoms with E-state index in [4.69, 9.17) is 9.72 Å². The van der Waals surface area contributed by atoms with Crippen LogP contribution in [0, 0.1) is 19.7 Å². The smallest absolute Gasteiger partial charge is 0.238 e. The van der Waals surface area contributed by atoms with Gasteiger partial charge in [0.2, 0.25) is 5.88 Å². The Balaban J connectivity index is 1.41. The molecular formula is C25H25FN6O. The molecule has 0 saturated carbocycles. The zero-order valence-electron chi connectivity index (χ0n) is 18.9. The average molecular weight is 445 g/mol. The van der Waals surface area contributed by atoms with Crippen LogP contribution in [0.1, 0.15) is 52.9 Å². The van der Waals surface area contributed by atoms with Crippen molar-refractivity contribution in [3.05, 3.63) is 82.8 Å². The number of aromatic nitrogens is 6. The monoisotopic (exact) mass is 444 g/mol. The molecule has 7 nitrogen and oxygen atoms in total. The summed E-state index contributed by atoms with van der Waals surface area (Å²) in [6, 6.07) is 9.18. The molecule has 4 heterocycles. The van der Waals surface area contributed by atoms with Crippen molar-refractivity contribution in [3.63, 3.8) is 0 Å². The van der Waals surface area contributed by atoms with Crippen LogP contribution >= 0.6 is 0 Å². The van der Waals surface area contributed by atoms with E-state index >= 15 is 0 Å². The molecule has 0 amide bonds. The predicted octanol–water partition coefficient (Wildman–Crippen LogP) is 4.72. The Kier molecular flexibility index (Phi) is 5.50. The fraction of sp³-hybridized carbons (Fsp3) is 0.280. The highest BCUT2D eigenvalue weighted by Gasteiger charge is 2.25. The van der Waals surface area contributed by atoms with Gasteiger partial charge in [0, 0.05) is 18.7 Å². The van der Waals surface area contributed by atoms with Gasteiger partial charge in [0.1, 0.15) is 17.3 Å². The molecule has 5 rings (SSSR count). The molecule has 0 aliphatic carbocycles. The predicted molar refractivity (Wildman–Crippen MR) is 124 cm³/mol. The van der Waals surface area contributed by atoms with Crippen molar-refractivity contribution < 1.29 is 9.13 Å². The Labute approximate surface area is 191 Å². The van der Waals surface area contributed by atoms with E-state index in [0.29, 0.717) is 17.3 Å². The second kappa shape index (κ2) is 8.61. The number of fused-ring (bicyclic) bond motifs is 1. The lowest BCUT2D eigenvalue weighted by Crippen LogP contribution is -2.18. The first kappa shape index (κ1) is 21.1. The quantitative estimate of drug-likeness (QED) is 0.446. The molecule has 1 aliphatic rings. The summed E-state index contributed by atoms with van der Waals surface area (Å²) < 4.78 is 23.1. The molecule has 1 aliphatic heterocycles. The van der Waals surface area contributed by atoms with E-state index in [1.54, 1.807) is 20.4 Å². The second-order valence-corrected chi connectivity index (χ2v) is 8.27. The van der Waals surface area contributed by atoms with Crippen molar-refractivity contribution in [2.75, 3.05) is 7.11 Å². The molecule has 0 spiro atoms. The zero-order chi connectivity index (χ0) is 22.9. The Hall–Kier alpha value is -3.81. The highest BCUT2D eigenvalue weighted by atomic mass is 19.1. The largest absolute Gasteiger partial charge is 0.479 e. The molecule has 4 aromatic rings. The van der Waals surface area contributed by atoms with Gasteiger partial charge in [-0.1, -0.05) is 12.1 Å². The van der Waals surface area contributed by atoms with Gasteiger partial charge >= 0.3 is 0 Å². The third kappa shape index (κ3) is 4.16. The summed E-state index contributed by atoms with van der Waals surface area (Å²) in [4.78, 5) is 13.6. The lowest BCUT2D eigenvalue weighted by atomic mass is 9.90. The summed E-state index contributed by atoms with van der Waals surface area (Å²) in [7, 11) is 1.60. The summed E-state index contributed by atoms with van der Waals surface area (Å²) in [5, 5.41) is 4.67. The molecular weight excluding hydrogens is 419 g/mol. The molecule has 0 saturated heterocycles. The molecule has 0 fully saturated rings. The van der Waals surface area contributed by atoms with Gasteiger partial charge in [0.05, 0.1) is 24.8 Å². The van der Waals surface area contributed by atoms with Gasteiger partial charge in [-0.05, 0) is 68.2 Å². The van der Waals surface area contributed by atoms with Crippen LogP contribution in [0.5, 0.6) is 5.88 Å². The summed E-state index contributed by atoms with van der Waals surface area (Å²) in [6.45, 7) is 4.56. The molecule has 0 bridgehead atoms. The van der Waals surface area contributed by atoms with Gasteiger partial charge in [-0.2, -0.15) is 5.10 Å². The topological polar surface area (TPSA) is 70.7 Å². The van der Waals surface area contributed by atoms with Crippen LogP contribution in [0.15, 0.2) is 42.9 Å². The van der Waals surface area contributed by atoms with Crippen LogP contribution in [-0.2, 0) is 6.54 Å². The van der Waals surface area contributed by atoms with Crippen molar-refractivity contribution in [1.82, 2.24) is 29.3 Å². The number of hydrogen-bond acceptors (Lipinski definition) is 5. The number of halogens is 1. The van der Waals surface area contributed by atoms with Gasteiger partial charge in [-0.3, -0.25) is 0 Å². The number of methoxy groups -OCH3 is 1. The van der Waals surface area contributed by atoms with Gasteiger partial charge in [0.25, 0.3) is 0 Å². The SMILES string of the molecule is COc1nc(C=Cc2nc3n(n2)CCC[C@@H]3c2ccc(F)c(C)c2)ccc1-n1cnc(C)c1. The molecule has 0 N–H and O–H groups in total. The van der Waals surface area contributed by atoms with E-state index in [0.717, 1.165) is 47.8 Å². The average Bonchev–Trinajstić information content (AvgIpc) is 3.45. The van der Waals surface area contributed by atoms with Crippen molar-refractivity contribution in [3.8, 4) is 11.6 Å². The van der Waals surface area contributed by atoms with E-state index in [-0.39, 0.29) is 11.7 Å². The summed E-state index contributed by atoms with van der Waals surface area (Å²) in [5.41, 5.74) is 4.22. The molecule has 168 valence electrons. The molecule has 3 aromatic heterocycles. The molecule has 1 aromatic carbocycles. The summed E-state index contributed by atoms with van der Waals surface area (Å²) in [6.07, 6.45) is 9.39. The number of nitrogens with zero attached hydrogens (tertiary/aromatic N) is 6. The third-order valence-corrected chi connectivity index (χ3v) is 5.92. The Morgan fingerprint density at radius 1 is 1.12 bits per heavy atom. The van der Waals surface area contributed by atoms with E-state index in [1.807, 2.05) is 58.8 Å². The number of rotatable bonds is 5. The summed E-state index contributed by atoms with van der Waals surface area (Å²) >= 11 is 0. The highest BCUT2D eigenvalue weighted by molar-refractivity contribution is 5.65. The molecule has 0 unspecified atom stereocenters. The first-order chi connectivity index (χ1) is 16.0. The van der Waals surface area contributed by atoms with Gasteiger partial charge in [-0.15, -0.1) is 0 Å². The highest BCUT2D eigenvalue weighted by Crippen LogP contribution is 2.33. The van der Waals surface area contributed by atoms with Crippen molar-refractivity contribution in [2.45, 2.75) is 39.2 Å². The van der Waals surface area contributed by atoms with Gasteiger partial charge < -0.3 is 9.30 Å². The maximum Gasteiger partial charge on any atom is 0.238 e. The lowest BCUT2D eigenvalue weighted by Gasteiger charge is -2.22.